The average Bonchev–Trinajstić information content (AvgIpc) is 3.04. The number of allylic oxidation sites excluding steroid dienone is 8. The van der Waals surface area contributed by atoms with Crippen LogP contribution in [0.2, 0.25) is 0 Å². The third-order valence-corrected chi connectivity index (χ3v) is 7.78. The molecule has 0 atom stereocenters. The molecule has 0 bridgehead atoms. The summed E-state index contributed by atoms with van der Waals surface area (Å²) in [7, 11) is 0. The highest BCUT2D eigenvalue weighted by Crippen LogP contribution is 2.26. The van der Waals surface area contributed by atoms with Crippen LogP contribution in [0.4, 0.5) is 0 Å². The molecule has 0 saturated heterocycles. The number of hydrogen-bond acceptors (Lipinski definition) is 5. The van der Waals surface area contributed by atoms with Gasteiger partial charge in [0.2, 0.25) is 11.8 Å². The second-order valence-electron chi connectivity index (χ2n) is 9.54. The molecule has 7 nitrogen and oxygen atoms in total. The molecule has 198 valence electrons. The molecule has 37 heavy (non-hydrogen) atoms. The number of hydroxylamine groups is 1. The SMILES string of the molecule is NC(=O)CCC1CCCCC1.O=C(CCC1=CC=CC=CC1)NC1=CC=c2sc(C(=O)NO)cc2=CC1. The molecule has 0 radical (unpaired) electrons. The van der Waals surface area contributed by atoms with Crippen molar-refractivity contribution in [2.24, 2.45) is 11.7 Å². The minimum atomic E-state index is -0.514. The maximum Gasteiger partial charge on any atom is 0.284 e. The van der Waals surface area contributed by atoms with Crippen molar-refractivity contribution < 1.29 is 19.6 Å². The van der Waals surface area contributed by atoms with E-state index >= 15 is 0 Å². The molecule has 4 rings (SSSR count). The van der Waals surface area contributed by atoms with Gasteiger partial charge in [0.05, 0.1) is 4.88 Å². The minimum Gasteiger partial charge on any atom is -0.370 e. The number of nitrogens with one attached hydrogen (secondary N) is 2. The molecule has 3 aliphatic rings. The fourth-order valence-corrected chi connectivity index (χ4v) is 5.54. The van der Waals surface area contributed by atoms with Gasteiger partial charge in [0.25, 0.3) is 5.91 Å². The molecule has 0 aliphatic heterocycles. The lowest BCUT2D eigenvalue weighted by Gasteiger charge is -2.20. The third kappa shape index (κ3) is 9.98. The van der Waals surface area contributed by atoms with Crippen molar-refractivity contribution >= 4 is 41.2 Å². The first kappa shape index (κ1) is 28.3. The Kier molecular flexibility index (Phi) is 11.6. The largest absolute Gasteiger partial charge is 0.370 e. The van der Waals surface area contributed by atoms with Crippen molar-refractivity contribution in [3.05, 3.63) is 68.4 Å². The topological polar surface area (TPSA) is 122 Å². The molecule has 1 aromatic heterocycles. The molecule has 1 aromatic rings. The fourth-order valence-electron chi connectivity index (χ4n) is 4.58. The van der Waals surface area contributed by atoms with Crippen molar-refractivity contribution in [1.29, 1.82) is 0 Å². The number of carbonyl (C=O) groups excluding carboxylic acids is 3. The molecule has 8 heteroatoms. The summed E-state index contributed by atoms with van der Waals surface area (Å²) in [6, 6.07) is 1.74. The lowest BCUT2D eigenvalue weighted by Crippen LogP contribution is -2.22. The minimum absolute atomic E-state index is 0.00163. The van der Waals surface area contributed by atoms with Gasteiger partial charge in [0, 0.05) is 29.5 Å². The first-order valence-corrected chi connectivity index (χ1v) is 13.8. The maximum absolute atomic E-state index is 12.2. The second-order valence-corrected chi connectivity index (χ2v) is 10.6. The van der Waals surface area contributed by atoms with Crippen molar-refractivity contribution in [3.8, 4) is 0 Å². The van der Waals surface area contributed by atoms with Gasteiger partial charge in [-0.1, -0.05) is 74.1 Å². The average molecular weight is 524 g/mol. The van der Waals surface area contributed by atoms with E-state index in [-0.39, 0.29) is 11.8 Å². The van der Waals surface area contributed by atoms with E-state index in [9.17, 15) is 14.4 Å². The first-order chi connectivity index (χ1) is 17.9. The van der Waals surface area contributed by atoms with Gasteiger partial charge in [0.1, 0.15) is 0 Å². The number of fused-ring (bicyclic) bond motifs is 1. The van der Waals surface area contributed by atoms with Crippen molar-refractivity contribution in [2.75, 3.05) is 0 Å². The predicted octanol–water partition coefficient (Wildman–Crippen LogP) is 3.89. The molecule has 0 spiro atoms. The van der Waals surface area contributed by atoms with Crippen LogP contribution in [-0.4, -0.2) is 22.9 Å². The lowest BCUT2D eigenvalue weighted by molar-refractivity contribution is -0.120. The Morgan fingerprint density at radius 3 is 2.57 bits per heavy atom. The van der Waals surface area contributed by atoms with E-state index in [0.29, 0.717) is 24.1 Å². The van der Waals surface area contributed by atoms with Crippen LogP contribution in [0.5, 0.6) is 0 Å². The van der Waals surface area contributed by atoms with E-state index in [1.165, 1.54) is 49.0 Å². The molecule has 3 aliphatic carbocycles. The number of amides is 3. The highest BCUT2D eigenvalue weighted by molar-refractivity contribution is 7.12. The molecule has 5 N–H and O–H groups in total. The van der Waals surface area contributed by atoms with E-state index in [1.807, 2.05) is 36.5 Å². The van der Waals surface area contributed by atoms with Gasteiger partial charge in [-0.05, 0) is 48.6 Å². The van der Waals surface area contributed by atoms with Gasteiger partial charge in [-0.25, -0.2) is 5.48 Å². The number of primary amides is 1. The molecule has 0 aromatic carbocycles. The van der Waals surface area contributed by atoms with Gasteiger partial charge >= 0.3 is 0 Å². The normalized spacial score (nSPS) is 16.8. The van der Waals surface area contributed by atoms with Gasteiger partial charge in [-0.15, -0.1) is 11.3 Å². The van der Waals surface area contributed by atoms with Gasteiger partial charge < -0.3 is 11.1 Å². The van der Waals surface area contributed by atoms with Crippen LogP contribution in [0, 0.1) is 5.92 Å². The van der Waals surface area contributed by atoms with Crippen LogP contribution in [0.3, 0.4) is 0 Å². The zero-order chi connectivity index (χ0) is 26.5. The Morgan fingerprint density at radius 1 is 1.00 bits per heavy atom. The Balaban J connectivity index is 0.000000289. The molecule has 1 saturated carbocycles. The highest BCUT2D eigenvalue weighted by atomic mass is 32.1. The highest BCUT2D eigenvalue weighted by Gasteiger charge is 2.13. The summed E-state index contributed by atoms with van der Waals surface area (Å²) in [5.41, 5.74) is 8.79. The predicted molar refractivity (Wildman–Crippen MR) is 148 cm³/mol. The van der Waals surface area contributed by atoms with E-state index < -0.39 is 5.91 Å². The molecule has 3 amide bonds. The number of rotatable bonds is 8. The van der Waals surface area contributed by atoms with Crippen LogP contribution in [0.15, 0.2) is 53.8 Å². The standard InChI is InChI=1S/C20H20N2O3S.C9H17NO/c23-19(12-7-14-5-3-1-2-4-6-14)21-16-9-8-15-13-18(20(24)22-25)26-17(15)11-10-16;10-9(11)7-6-8-4-2-1-3-5-8/h1-5,8,10-11,13,25H,6-7,9,12H2,(H,21,23)(H,22,24);8H,1-7H2,(H2,10,11). The zero-order valence-electron chi connectivity index (χ0n) is 21.2. The van der Waals surface area contributed by atoms with Crippen LogP contribution in [0.25, 0.3) is 12.2 Å². The van der Waals surface area contributed by atoms with E-state index in [0.717, 1.165) is 40.6 Å². The summed E-state index contributed by atoms with van der Waals surface area (Å²) < 4.78 is 0.926. The summed E-state index contributed by atoms with van der Waals surface area (Å²) in [5, 5.41) is 12.6. The number of carbonyl (C=O) groups is 3. The number of nitrogens with two attached hydrogens (primary N) is 1. The molecule has 1 heterocycles. The summed E-state index contributed by atoms with van der Waals surface area (Å²) in [5.74, 6) is 0.133. The van der Waals surface area contributed by atoms with Crippen molar-refractivity contribution in [1.82, 2.24) is 10.8 Å². The van der Waals surface area contributed by atoms with Crippen LogP contribution >= 0.6 is 11.3 Å². The Labute approximate surface area is 222 Å². The summed E-state index contributed by atoms with van der Waals surface area (Å²) in [6.07, 6.45) is 26.9. The Bertz CT molecular complexity index is 1200. The van der Waals surface area contributed by atoms with E-state index in [4.69, 9.17) is 10.9 Å². The Morgan fingerprint density at radius 2 is 1.81 bits per heavy atom. The van der Waals surface area contributed by atoms with Crippen molar-refractivity contribution in [2.45, 2.75) is 70.6 Å². The van der Waals surface area contributed by atoms with Gasteiger partial charge in [-0.2, -0.15) is 0 Å². The number of thiophene rings is 1. The van der Waals surface area contributed by atoms with Crippen LogP contribution in [0.1, 0.15) is 80.3 Å². The smallest absolute Gasteiger partial charge is 0.284 e. The van der Waals surface area contributed by atoms with Gasteiger partial charge in [-0.3, -0.25) is 19.6 Å². The molecular formula is C29H37N3O4S. The molecule has 1 fully saturated rings. The maximum atomic E-state index is 12.2. The summed E-state index contributed by atoms with van der Waals surface area (Å²) >= 11 is 1.30. The Hall–Kier alpha value is -3.23. The summed E-state index contributed by atoms with van der Waals surface area (Å²) in [4.78, 5) is 34.6. The monoisotopic (exact) mass is 523 g/mol. The third-order valence-electron chi connectivity index (χ3n) is 6.66. The second kappa shape index (κ2) is 15.1. The quantitative estimate of drug-likeness (QED) is 0.305. The number of hydrogen-bond donors (Lipinski definition) is 4. The van der Waals surface area contributed by atoms with E-state index in [1.54, 1.807) is 11.5 Å². The zero-order valence-corrected chi connectivity index (χ0v) is 22.0. The van der Waals surface area contributed by atoms with Crippen LogP contribution < -0.4 is 26.3 Å². The van der Waals surface area contributed by atoms with E-state index in [2.05, 4.69) is 17.5 Å². The molecule has 0 unspecified atom stereocenters. The molecular weight excluding hydrogens is 486 g/mol. The lowest BCUT2D eigenvalue weighted by atomic mass is 9.86. The first-order valence-electron chi connectivity index (χ1n) is 13.0. The van der Waals surface area contributed by atoms with Crippen molar-refractivity contribution in [3.63, 3.8) is 0 Å². The fraction of sp³-hybridized carbons (Fsp3) is 0.414. The summed E-state index contributed by atoms with van der Waals surface area (Å²) in [6.45, 7) is 0. The van der Waals surface area contributed by atoms with Gasteiger partial charge in [0.15, 0.2) is 0 Å². The van der Waals surface area contributed by atoms with Crippen LogP contribution in [-0.2, 0) is 9.59 Å².